The van der Waals surface area contributed by atoms with Crippen LogP contribution in [0.1, 0.15) is 37.8 Å². The molecule has 0 amide bonds. The molecule has 1 N–H and O–H groups in total. The Hall–Kier alpha value is -1.13. The maximum absolute atomic E-state index is 5.65. The highest BCUT2D eigenvalue weighted by Gasteiger charge is 2.21. The number of pyridine rings is 1. The summed E-state index contributed by atoms with van der Waals surface area (Å²) in [5.74, 6) is 1.51. The first-order chi connectivity index (χ1) is 9.33. The number of hydrogen-bond acceptors (Lipinski definition) is 4. The summed E-state index contributed by atoms with van der Waals surface area (Å²) in [6.07, 6.45) is 6.98. The maximum Gasteiger partial charge on any atom is 0.137 e. The van der Waals surface area contributed by atoms with Crippen LogP contribution in [0.3, 0.4) is 0 Å². The lowest BCUT2D eigenvalue weighted by Gasteiger charge is -2.20. The molecular formula is C15H24N2O2. The van der Waals surface area contributed by atoms with E-state index in [1.807, 2.05) is 13.2 Å². The maximum atomic E-state index is 5.65. The standard InChI is InChI=1S/C15H24N2O2/c1-3-5-19-14-8-13(9-17-10-14)15(16-2)7-12-4-6-18-11-12/h8-10,12,15-16H,3-7,11H2,1-2H3. The van der Waals surface area contributed by atoms with Crippen molar-refractivity contribution in [1.29, 1.82) is 0 Å². The fraction of sp³-hybridized carbons (Fsp3) is 0.667. The van der Waals surface area contributed by atoms with Gasteiger partial charge in [-0.2, -0.15) is 0 Å². The minimum atomic E-state index is 0.323. The molecule has 2 atom stereocenters. The summed E-state index contributed by atoms with van der Waals surface area (Å²) in [7, 11) is 2.00. The summed E-state index contributed by atoms with van der Waals surface area (Å²) in [4.78, 5) is 4.28. The zero-order valence-electron chi connectivity index (χ0n) is 11.9. The molecule has 4 heteroatoms. The Balaban J connectivity index is 2.00. The minimum absolute atomic E-state index is 0.323. The zero-order valence-corrected chi connectivity index (χ0v) is 11.9. The van der Waals surface area contributed by atoms with Gasteiger partial charge in [0.1, 0.15) is 5.75 Å². The Kier molecular flexibility index (Phi) is 5.61. The fourth-order valence-electron chi connectivity index (χ4n) is 2.45. The highest BCUT2D eigenvalue weighted by atomic mass is 16.5. The van der Waals surface area contributed by atoms with Crippen molar-refractivity contribution in [2.24, 2.45) is 5.92 Å². The van der Waals surface area contributed by atoms with Gasteiger partial charge in [0.2, 0.25) is 0 Å². The Morgan fingerprint density at radius 1 is 1.53 bits per heavy atom. The van der Waals surface area contributed by atoms with E-state index >= 15 is 0 Å². The molecule has 0 aliphatic carbocycles. The van der Waals surface area contributed by atoms with Gasteiger partial charge in [-0.3, -0.25) is 4.98 Å². The molecule has 4 nitrogen and oxygen atoms in total. The van der Waals surface area contributed by atoms with Crippen molar-refractivity contribution in [3.8, 4) is 5.75 Å². The average Bonchev–Trinajstić information content (AvgIpc) is 2.96. The molecule has 1 aromatic heterocycles. The normalized spacial score (nSPS) is 20.4. The first-order valence-corrected chi connectivity index (χ1v) is 7.16. The average molecular weight is 264 g/mol. The van der Waals surface area contributed by atoms with Gasteiger partial charge in [-0.05, 0) is 43.9 Å². The molecule has 1 aliphatic rings. The molecule has 0 aromatic carbocycles. The quantitative estimate of drug-likeness (QED) is 0.822. The van der Waals surface area contributed by atoms with Crippen molar-refractivity contribution in [2.75, 3.05) is 26.9 Å². The van der Waals surface area contributed by atoms with Gasteiger partial charge in [0.15, 0.2) is 0 Å². The van der Waals surface area contributed by atoms with Crippen molar-refractivity contribution in [3.63, 3.8) is 0 Å². The molecule has 0 spiro atoms. The lowest BCUT2D eigenvalue weighted by Crippen LogP contribution is -2.20. The lowest BCUT2D eigenvalue weighted by molar-refractivity contribution is 0.181. The van der Waals surface area contributed by atoms with Crippen LogP contribution in [0.4, 0.5) is 0 Å². The molecule has 106 valence electrons. The predicted molar refractivity (Wildman–Crippen MR) is 75.4 cm³/mol. The van der Waals surface area contributed by atoms with Gasteiger partial charge in [0.25, 0.3) is 0 Å². The Bertz CT molecular complexity index is 378. The van der Waals surface area contributed by atoms with E-state index in [0.29, 0.717) is 12.0 Å². The fourth-order valence-corrected chi connectivity index (χ4v) is 2.45. The van der Waals surface area contributed by atoms with Gasteiger partial charge in [-0.25, -0.2) is 0 Å². The van der Waals surface area contributed by atoms with E-state index in [9.17, 15) is 0 Å². The van der Waals surface area contributed by atoms with E-state index < -0.39 is 0 Å². The summed E-state index contributed by atoms with van der Waals surface area (Å²) in [6.45, 7) is 4.64. The SMILES string of the molecule is CCCOc1cncc(C(CC2CCOC2)NC)c1. The van der Waals surface area contributed by atoms with Crippen LogP contribution < -0.4 is 10.1 Å². The van der Waals surface area contributed by atoms with Crippen molar-refractivity contribution >= 4 is 0 Å². The number of ether oxygens (including phenoxy) is 2. The molecular weight excluding hydrogens is 240 g/mol. The van der Waals surface area contributed by atoms with Crippen molar-refractivity contribution in [2.45, 2.75) is 32.2 Å². The molecule has 2 rings (SSSR count). The van der Waals surface area contributed by atoms with E-state index in [1.54, 1.807) is 6.20 Å². The summed E-state index contributed by atoms with van der Waals surface area (Å²) in [5.41, 5.74) is 1.20. The molecule has 0 bridgehead atoms. The van der Waals surface area contributed by atoms with E-state index in [1.165, 1.54) is 5.56 Å². The number of nitrogens with zero attached hydrogens (tertiary/aromatic N) is 1. The lowest BCUT2D eigenvalue weighted by atomic mass is 9.95. The second-order valence-electron chi connectivity index (χ2n) is 5.11. The number of hydrogen-bond donors (Lipinski definition) is 1. The molecule has 1 aromatic rings. The minimum Gasteiger partial charge on any atom is -0.492 e. The first-order valence-electron chi connectivity index (χ1n) is 7.16. The van der Waals surface area contributed by atoms with Crippen LogP contribution in [0, 0.1) is 5.92 Å². The van der Waals surface area contributed by atoms with Gasteiger partial charge >= 0.3 is 0 Å². The molecule has 0 radical (unpaired) electrons. The number of nitrogens with one attached hydrogen (secondary N) is 1. The first kappa shape index (κ1) is 14.3. The van der Waals surface area contributed by atoms with Crippen molar-refractivity contribution in [1.82, 2.24) is 10.3 Å². The third-order valence-electron chi connectivity index (χ3n) is 3.55. The van der Waals surface area contributed by atoms with Crippen LogP contribution in [-0.2, 0) is 4.74 Å². The second kappa shape index (κ2) is 7.46. The molecule has 1 saturated heterocycles. The van der Waals surface area contributed by atoms with Crippen LogP contribution in [0.5, 0.6) is 5.75 Å². The smallest absolute Gasteiger partial charge is 0.137 e. The van der Waals surface area contributed by atoms with Gasteiger partial charge in [0, 0.05) is 25.5 Å². The highest BCUT2D eigenvalue weighted by molar-refractivity contribution is 5.26. The van der Waals surface area contributed by atoms with Crippen LogP contribution in [-0.4, -0.2) is 31.9 Å². The monoisotopic (exact) mass is 264 g/mol. The Labute approximate surface area is 115 Å². The van der Waals surface area contributed by atoms with Crippen molar-refractivity contribution in [3.05, 3.63) is 24.0 Å². The van der Waals surface area contributed by atoms with Crippen LogP contribution in [0.15, 0.2) is 18.5 Å². The second-order valence-corrected chi connectivity index (χ2v) is 5.11. The Morgan fingerprint density at radius 2 is 2.42 bits per heavy atom. The molecule has 19 heavy (non-hydrogen) atoms. The van der Waals surface area contributed by atoms with Gasteiger partial charge in [0.05, 0.1) is 12.8 Å². The van der Waals surface area contributed by atoms with E-state index in [0.717, 1.165) is 44.8 Å². The van der Waals surface area contributed by atoms with Gasteiger partial charge < -0.3 is 14.8 Å². The molecule has 1 fully saturated rings. The summed E-state index contributed by atoms with van der Waals surface area (Å²) >= 11 is 0. The zero-order chi connectivity index (χ0) is 13.5. The Morgan fingerprint density at radius 3 is 3.11 bits per heavy atom. The van der Waals surface area contributed by atoms with E-state index in [4.69, 9.17) is 9.47 Å². The largest absolute Gasteiger partial charge is 0.492 e. The predicted octanol–water partition coefficient (Wildman–Crippen LogP) is 2.56. The van der Waals surface area contributed by atoms with E-state index in [2.05, 4.69) is 23.3 Å². The van der Waals surface area contributed by atoms with Crippen molar-refractivity contribution < 1.29 is 9.47 Å². The van der Waals surface area contributed by atoms with E-state index in [-0.39, 0.29) is 0 Å². The molecule has 2 unspecified atom stereocenters. The topological polar surface area (TPSA) is 43.4 Å². The van der Waals surface area contributed by atoms with Crippen LogP contribution >= 0.6 is 0 Å². The molecule has 2 heterocycles. The number of aromatic nitrogens is 1. The molecule has 0 saturated carbocycles. The summed E-state index contributed by atoms with van der Waals surface area (Å²) in [6, 6.07) is 2.42. The van der Waals surface area contributed by atoms with Crippen LogP contribution in [0.2, 0.25) is 0 Å². The third kappa shape index (κ3) is 4.18. The highest BCUT2D eigenvalue weighted by Crippen LogP contribution is 2.27. The third-order valence-corrected chi connectivity index (χ3v) is 3.55. The summed E-state index contributed by atoms with van der Waals surface area (Å²) < 4.78 is 11.1. The number of rotatable bonds is 7. The van der Waals surface area contributed by atoms with Crippen LogP contribution in [0.25, 0.3) is 0 Å². The van der Waals surface area contributed by atoms with Gasteiger partial charge in [-0.15, -0.1) is 0 Å². The summed E-state index contributed by atoms with van der Waals surface area (Å²) in [5, 5.41) is 3.38. The molecule has 1 aliphatic heterocycles. The van der Waals surface area contributed by atoms with Gasteiger partial charge in [-0.1, -0.05) is 6.92 Å².